The van der Waals surface area contributed by atoms with Gasteiger partial charge in [0.15, 0.2) is 4.77 Å². The monoisotopic (exact) mass is 335 g/mol. The summed E-state index contributed by atoms with van der Waals surface area (Å²) >= 11 is 8.70. The Hall–Kier alpha value is -1.20. The Morgan fingerprint density at radius 2 is 1.95 bits per heavy atom. The number of hydrogen-bond donors (Lipinski definition) is 2. The summed E-state index contributed by atoms with van der Waals surface area (Å²) in [5, 5.41) is 3.38. The first-order valence-corrected chi connectivity index (χ1v) is 7.57. The first-order chi connectivity index (χ1) is 9.24. The van der Waals surface area contributed by atoms with Gasteiger partial charge in [-0.1, -0.05) is 28.1 Å². The van der Waals surface area contributed by atoms with E-state index in [0.29, 0.717) is 4.77 Å². The van der Waals surface area contributed by atoms with Crippen molar-refractivity contribution in [3.8, 4) is 11.3 Å². The van der Waals surface area contributed by atoms with Gasteiger partial charge in [0.25, 0.3) is 0 Å². The van der Waals surface area contributed by atoms with E-state index in [4.69, 9.17) is 12.2 Å². The largest absolute Gasteiger partial charge is 0.370 e. The third kappa shape index (κ3) is 2.72. The lowest BCUT2D eigenvalue weighted by atomic mass is 10.0. The van der Waals surface area contributed by atoms with Crippen molar-refractivity contribution in [1.29, 1.82) is 0 Å². The Morgan fingerprint density at radius 3 is 2.74 bits per heavy atom. The van der Waals surface area contributed by atoms with Crippen LogP contribution in [-0.2, 0) is 6.42 Å². The van der Waals surface area contributed by atoms with E-state index in [0.717, 1.165) is 34.5 Å². The molecule has 1 aliphatic rings. The highest BCUT2D eigenvalue weighted by Crippen LogP contribution is 2.29. The average Bonchev–Trinajstić information content (AvgIpc) is 2.64. The third-order valence-electron chi connectivity index (χ3n) is 3.31. The molecule has 0 aliphatic carbocycles. The van der Waals surface area contributed by atoms with E-state index in [-0.39, 0.29) is 0 Å². The van der Waals surface area contributed by atoms with Gasteiger partial charge in [0.05, 0.1) is 5.69 Å². The van der Waals surface area contributed by atoms with Crippen LogP contribution < -0.4 is 5.32 Å². The molecule has 5 heteroatoms. The zero-order valence-electron chi connectivity index (χ0n) is 10.4. The van der Waals surface area contributed by atoms with E-state index in [9.17, 15) is 0 Å². The van der Waals surface area contributed by atoms with Gasteiger partial charge in [-0.05, 0) is 49.2 Å². The Balaban J connectivity index is 2.17. The maximum atomic E-state index is 5.24. The van der Waals surface area contributed by atoms with Gasteiger partial charge in [-0.15, -0.1) is 0 Å². The second-order valence-corrected chi connectivity index (χ2v) is 5.94. The normalized spacial score (nSPS) is 14.4. The van der Waals surface area contributed by atoms with E-state index in [1.807, 2.05) is 12.1 Å². The predicted molar refractivity (Wildman–Crippen MR) is 84.0 cm³/mol. The lowest BCUT2D eigenvalue weighted by Crippen LogP contribution is -2.05. The molecule has 0 saturated carbocycles. The Labute approximate surface area is 125 Å². The van der Waals surface area contributed by atoms with Crippen molar-refractivity contribution >= 4 is 34.0 Å². The van der Waals surface area contributed by atoms with Crippen molar-refractivity contribution in [2.45, 2.75) is 19.3 Å². The van der Waals surface area contributed by atoms with Gasteiger partial charge in [0.2, 0.25) is 0 Å². The summed E-state index contributed by atoms with van der Waals surface area (Å²) in [5.41, 5.74) is 3.49. The highest BCUT2D eigenvalue weighted by atomic mass is 79.9. The number of aromatic amines is 1. The van der Waals surface area contributed by atoms with Crippen LogP contribution in [0.1, 0.15) is 18.4 Å². The molecular formula is C14H14BrN3S. The fourth-order valence-corrected chi connectivity index (χ4v) is 2.84. The number of aromatic nitrogens is 2. The Bertz CT molecular complexity index is 649. The number of nitrogens with zero attached hydrogens (tertiary/aromatic N) is 1. The molecule has 3 rings (SSSR count). The zero-order valence-corrected chi connectivity index (χ0v) is 12.8. The van der Waals surface area contributed by atoms with E-state index in [1.165, 1.54) is 18.4 Å². The summed E-state index contributed by atoms with van der Waals surface area (Å²) in [5.74, 6) is 0.944. The molecule has 0 fully saturated rings. The number of H-pyrrole nitrogens is 1. The average molecular weight is 336 g/mol. The van der Waals surface area contributed by atoms with Crippen molar-refractivity contribution in [2.75, 3.05) is 11.9 Å². The summed E-state index contributed by atoms with van der Waals surface area (Å²) in [6.07, 6.45) is 3.38. The standard InChI is InChI=1S/C14H14BrN3S/c15-10-6-4-9(5-7-10)12-11-3-1-2-8-16-13(11)18-14(19)17-12/h4-7H,1-3,8H2,(H2,16,17,18,19). The maximum Gasteiger partial charge on any atom is 0.199 e. The van der Waals surface area contributed by atoms with Gasteiger partial charge < -0.3 is 10.3 Å². The molecule has 2 heterocycles. The number of nitrogens with one attached hydrogen (secondary N) is 2. The molecule has 2 N–H and O–H groups in total. The molecule has 3 nitrogen and oxygen atoms in total. The molecule has 0 spiro atoms. The number of halogens is 1. The predicted octanol–water partition coefficient (Wildman–Crippen LogP) is 4.32. The number of fused-ring (bicyclic) bond motifs is 1. The number of anilines is 1. The minimum absolute atomic E-state index is 0.533. The van der Waals surface area contributed by atoms with Crippen LogP contribution in [0.3, 0.4) is 0 Å². The number of rotatable bonds is 1. The first kappa shape index (κ1) is 12.8. The van der Waals surface area contributed by atoms with E-state index < -0.39 is 0 Å². The minimum atomic E-state index is 0.533. The molecule has 0 unspecified atom stereocenters. The van der Waals surface area contributed by atoms with E-state index in [1.54, 1.807) is 0 Å². The SMILES string of the molecule is S=c1nc2c(c(-c3ccc(Br)cc3)[nH]1)CCCCN2. The quantitative estimate of drug-likeness (QED) is 0.762. The zero-order chi connectivity index (χ0) is 13.2. The first-order valence-electron chi connectivity index (χ1n) is 6.37. The number of hydrogen-bond acceptors (Lipinski definition) is 3. The van der Waals surface area contributed by atoms with Crippen LogP contribution in [-0.4, -0.2) is 16.5 Å². The highest BCUT2D eigenvalue weighted by molar-refractivity contribution is 9.10. The summed E-state index contributed by atoms with van der Waals surface area (Å²) < 4.78 is 1.61. The lowest BCUT2D eigenvalue weighted by Gasteiger charge is -2.12. The third-order valence-corrected chi connectivity index (χ3v) is 4.03. The summed E-state index contributed by atoms with van der Waals surface area (Å²) in [4.78, 5) is 7.66. The van der Waals surface area contributed by atoms with Crippen molar-refractivity contribution in [3.05, 3.63) is 39.1 Å². The van der Waals surface area contributed by atoms with Gasteiger partial charge in [-0.2, -0.15) is 0 Å². The van der Waals surface area contributed by atoms with Gasteiger partial charge in [-0.25, -0.2) is 4.98 Å². The lowest BCUT2D eigenvalue weighted by molar-refractivity contribution is 0.785. The maximum absolute atomic E-state index is 5.24. The van der Waals surface area contributed by atoms with Crippen LogP contribution in [0.5, 0.6) is 0 Å². The molecule has 1 aromatic heterocycles. The van der Waals surface area contributed by atoms with Crippen molar-refractivity contribution < 1.29 is 0 Å². The van der Waals surface area contributed by atoms with E-state index in [2.05, 4.69) is 43.3 Å². The molecule has 0 bridgehead atoms. The molecule has 1 aromatic carbocycles. The van der Waals surface area contributed by atoms with Crippen LogP contribution >= 0.6 is 28.1 Å². The van der Waals surface area contributed by atoms with Crippen molar-refractivity contribution in [1.82, 2.24) is 9.97 Å². The summed E-state index contributed by atoms with van der Waals surface area (Å²) in [6.45, 7) is 0.971. The molecular weight excluding hydrogens is 322 g/mol. The minimum Gasteiger partial charge on any atom is -0.370 e. The Kier molecular flexibility index (Phi) is 3.66. The second-order valence-electron chi connectivity index (χ2n) is 4.63. The second kappa shape index (κ2) is 5.43. The van der Waals surface area contributed by atoms with Gasteiger partial charge >= 0.3 is 0 Å². The summed E-state index contributed by atoms with van der Waals surface area (Å²) in [7, 11) is 0. The van der Waals surface area contributed by atoms with Crippen molar-refractivity contribution in [2.24, 2.45) is 0 Å². The van der Waals surface area contributed by atoms with Gasteiger partial charge in [0, 0.05) is 16.6 Å². The van der Waals surface area contributed by atoms with Crippen molar-refractivity contribution in [3.63, 3.8) is 0 Å². The molecule has 1 aliphatic heterocycles. The molecule has 0 amide bonds. The number of benzene rings is 1. The Morgan fingerprint density at radius 1 is 1.16 bits per heavy atom. The molecule has 0 atom stereocenters. The fourth-order valence-electron chi connectivity index (χ4n) is 2.38. The summed E-state index contributed by atoms with van der Waals surface area (Å²) in [6, 6.07) is 8.28. The fraction of sp³-hybridized carbons (Fsp3) is 0.286. The molecule has 0 saturated heterocycles. The molecule has 2 aromatic rings. The highest BCUT2D eigenvalue weighted by Gasteiger charge is 2.15. The van der Waals surface area contributed by atoms with E-state index >= 15 is 0 Å². The topological polar surface area (TPSA) is 40.7 Å². The van der Waals surface area contributed by atoms with Crippen LogP contribution in [0.15, 0.2) is 28.7 Å². The smallest absolute Gasteiger partial charge is 0.199 e. The molecule has 0 radical (unpaired) electrons. The van der Waals surface area contributed by atoms with Gasteiger partial charge in [0.1, 0.15) is 5.82 Å². The molecule has 98 valence electrons. The van der Waals surface area contributed by atoms with Crippen LogP contribution in [0, 0.1) is 4.77 Å². The van der Waals surface area contributed by atoms with Gasteiger partial charge in [-0.3, -0.25) is 0 Å². The van der Waals surface area contributed by atoms with Crippen LogP contribution in [0.4, 0.5) is 5.82 Å². The van der Waals surface area contributed by atoms with Crippen LogP contribution in [0.2, 0.25) is 0 Å². The van der Waals surface area contributed by atoms with Crippen LogP contribution in [0.25, 0.3) is 11.3 Å². The molecule has 19 heavy (non-hydrogen) atoms.